The summed E-state index contributed by atoms with van der Waals surface area (Å²) in [7, 11) is 1.85. The first-order chi connectivity index (χ1) is 10.3. The second kappa shape index (κ2) is 6.10. The number of ether oxygens (including phenoxy) is 1. The molecule has 0 bridgehead atoms. The summed E-state index contributed by atoms with van der Waals surface area (Å²) in [6, 6.07) is 9.78. The molecule has 0 saturated carbocycles. The Bertz CT molecular complexity index is 651. The Kier molecular flexibility index (Phi) is 4.01. The zero-order valence-corrected chi connectivity index (χ0v) is 12.1. The predicted molar refractivity (Wildman–Crippen MR) is 82.6 cm³/mol. The van der Waals surface area contributed by atoms with E-state index in [9.17, 15) is 4.79 Å². The van der Waals surface area contributed by atoms with Crippen LogP contribution in [-0.2, 0) is 4.74 Å². The fraction of sp³-hybridized carbons (Fsp3) is 0.375. The Morgan fingerprint density at radius 1 is 1.29 bits per heavy atom. The van der Waals surface area contributed by atoms with Gasteiger partial charge in [0.15, 0.2) is 0 Å². The van der Waals surface area contributed by atoms with Crippen LogP contribution in [0, 0.1) is 0 Å². The van der Waals surface area contributed by atoms with E-state index in [1.165, 1.54) is 0 Å². The third-order valence-corrected chi connectivity index (χ3v) is 3.77. The van der Waals surface area contributed by atoms with Gasteiger partial charge in [0.1, 0.15) is 5.69 Å². The number of carbonyl (C=O) groups is 1. The zero-order chi connectivity index (χ0) is 14.7. The molecule has 2 N–H and O–H groups in total. The van der Waals surface area contributed by atoms with Crippen LogP contribution in [0.25, 0.3) is 10.9 Å². The molecule has 0 radical (unpaired) electrons. The summed E-state index contributed by atoms with van der Waals surface area (Å²) in [5, 5.41) is 7.19. The smallest absolute Gasteiger partial charge is 0.270 e. The van der Waals surface area contributed by atoms with Crippen molar-refractivity contribution in [2.75, 3.05) is 25.6 Å². The summed E-state index contributed by atoms with van der Waals surface area (Å²) in [6.07, 6.45) is 1.72. The number of nitrogens with one attached hydrogen (secondary N) is 2. The maximum absolute atomic E-state index is 12.4. The van der Waals surface area contributed by atoms with Crippen molar-refractivity contribution in [3.8, 4) is 0 Å². The number of benzene rings is 1. The molecule has 1 amide bonds. The summed E-state index contributed by atoms with van der Waals surface area (Å²) in [5.74, 6) is -0.121. The third-order valence-electron chi connectivity index (χ3n) is 3.77. The minimum atomic E-state index is -0.121. The number of hydrogen-bond acceptors (Lipinski definition) is 4. The van der Waals surface area contributed by atoms with Crippen molar-refractivity contribution in [3.63, 3.8) is 0 Å². The van der Waals surface area contributed by atoms with Gasteiger partial charge >= 0.3 is 0 Å². The number of pyridine rings is 1. The van der Waals surface area contributed by atoms with Gasteiger partial charge in [-0.2, -0.15) is 0 Å². The quantitative estimate of drug-likeness (QED) is 0.907. The van der Waals surface area contributed by atoms with Crippen LogP contribution in [0.15, 0.2) is 30.3 Å². The molecule has 5 nitrogen and oxygen atoms in total. The number of carbonyl (C=O) groups excluding carboxylic acids is 1. The Labute approximate surface area is 123 Å². The van der Waals surface area contributed by atoms with E-state index < -0.39 is 0 Å². The van der Waals surface area contributed by atoms with Crippen LogP contribution in [0.5, 0.6) is 0 Å². The molecule has 1 aromatic heterocycles. The first kappa shape index (κ1) is 13.8. The maximum atomic E-state index is 12.4. The largest absolute Gasteiger partial charge is 0.388 e. The number of amides is 1. The molecule has 110 valence electrons. The lowest BCUT2D eigenvalue weighted by molar-refractivity contribution is 0.0694. The maximum Gasteiger partial charge on any atom is 0.270 e. The molecular weight excluding hydrogens is 266 g/mol. The molecule has 2 heterocycles. The van der Waals surface area contributed by atoms with Gasteiger partial charge in [0.05, 0.1) is 5.52 Å². The molecule has 1 aliphatic rings. The second-order valence-electron chi connectivity index (χ2n) is 5.18. The molecule has 5 heteroatoms. The van der Waals surface area contributed by atoms with Gasteiger partial charge in [-0.05, 0) is 25.0 Å². The lowest BCUT2D eigenvalue weighted by atomic mass is 10.1. The number of rotatable bonds is 3. The van der Waals surface area contributed by atoms with Crippen molar-refractivity contribution < 1.29 is 9.53 Å². The molecule has 1 saturated heterocycles. The van der Waals surface area contributed by atoms with Gasteiger partial charge in [-0.3, -0.25) is 4.79 Å². The fourth-order valence-electron chi connectivity index (χ4n) is 2.60. The second-order valence-corrected chi connectivity index (χ2v) is 5.18. The highest BCUT2D eigenvalue weighted by Gasteiger charge is 2.18. The number of fused-ring (bicyclic) bond motifs is 1. The monoisotopic (exact) mass is 285 g/mol. The van der Waals surface area contributed by atoms with E-state index in [0.717, 1.165) is 29.4 Å². The highest BCUT2D eigenvalue weighted by Crippen LogP contribution is 2.22. The number of nitrogens with zero attached hydrogens (tertiary/aromatic N) is 1. The van der Waals surface area contributed by atoms with Crippen LogP contribution in [0.3, 0.4) is 0 Å². The lowest BCUT2D eigenvalue weighted by Gasteiger charge is -2.23. The lowest BCUT2D eigenvalue weighted by Crippen LogP contribution is -2.39. The van der Waals surface area contributed by atoms with Gasteiger partial charge < -0.3 is 15.4 Å². The van der Waals surface area contributed by atoms with Gasteiger partial charge in [-0.1, -0.05) is 18.2 Å². The minimum absolute atomic E-state index is 0.121. The molecule has 21 heavy (non-hydrogen) atoms. The van der Waals surface area contributed by atoms with E-state index in [4.69, 9.17) is 4.74 Å². The van der Waals surface area contributed by atoms with E-state index >= 15 is 0 Å². The van der Waals surface area contributed by atoms with E-state index in [1.807, 2.05) is 31.3 Å². The number of hydrogen-bond donors (Lipinski definition) is 2. The molecule has 3 rings (SSSR count). The van der Waals surface area contributed by atoms with Crippen LogP contribution in [0.2, 0.25) is 0 Å². The van der Waals surface area contributed by atoms with E-state index in [1.54, 1.807) is 6.07 Å². The standard InChI is InChI=1S/C16H19N3O2/c1-17-14-10-15(19-13-5-3-2-4-12(13)14)16(20)18-11-6-8-21-9-7-11/h2-5,10-11H,6-9H2,1H3,(H,17,19)(H,18,20). The van der Waals surface area contributed by atoms with Crippen molar-refractivity contribution in [1.82, 2.24) is 10.3 Å². The van der Waals surface area contributed by atoms with Crippen LogP contribution in [0.1, 0.15) is 23.3 Å². The highest BCUT2D eigenvalue weighted by molar-refractivity contribution is 5.99. The van der Waals surface area contributed by atoms with Crippen molar-refractivity contribution in [2.24, 2.45) is 0 Å². The normalized spacial score (nSPS) is 15.9. The van der Waals surface area contributed by atoms with Crippen molar-refractivity contribution >= 4 is 22.5 Å². The Morgan fingerprint density at radius 2 is 2.05 bits per heavy atom. The topological polar surface area (TPSA) is 63.2 Å². The third kappa shape index (κ3) is 2.97. The summed E-state index contributed by atoms with van der Waals surface area (Å²) >= 11 is 0. The molecular formula is C16H19N3O2. The Hall–Kier alpha value is -2.14. The zero-order valence-electron chi connectivity index (χ0n) is 12.1. The van der Waals surface area contributed by atoms with Crippen LogP contribution < -0.4 is 10.6 Å². The van der Waals surface area contributed by atoms with Gasteiger partial charge in [-0.15, -0.1) is 0 Å². The van der Waals surface area contributed by atoms with Crippen molar-refractivity contribution in [1.29, 1.82) is 0 Å². The Morgan fingerprint density at radius 3 is 2.81 bits per heavy atom. The number of anilines is 1. The first-order valence-corrected chi connectivity index (χ1v) is 7.24. The van der Waals surface area contributed by atoms with Gasteiger partial charge in [0.25, 0.3) is 5.91 Å². The van der Waals surface area contributed by atoms with Crippen LogP contribution >= 0.6 is 0 Å². The molecule has 0 spiro atoms. The summed E-state index contributed by atoms with van der Waals surface area (Å²) in [4.78, 5) is 16.8. The van der Waals surface area contributed by atoms with Crippen molar-refractivity contribution in [3.05, 3.63) is 36.0 Å². The van der Waals surface area contributed by atoms with E-state index in [-0.39, 0.29) is 11.9 Å². The molecule has 1 fully saturated rings. The number of aromatic nitrogens is 1. The van der Waals surface area contributed by atoms with E-state index in [2.05, 4.69) is 15.6 Å². The summed E-state index contributed by atoms with van der Waals surface area (Å²) in [5.41, 5.74) is 2.18. The minimum Gasteiger partial charge on any atom is -0.388 e. The van der Waals surface area contributed by atoms with Gasteiger partial charge in [0.2, 0.25) is 0 Å². The average molecular weight is 285 g/mol. The average Bonchev–Trinajstić information content (AvgIpc) is 2.54. The molecule has 1 aromatic carbocycles. The molecule has 0 aliphatic carbocycles. The Balaban J connectivity index is 1.87. The molecule has 1 aliphatic heterocycles. The SMILES string of the molecule is CNc1cc(C(=O)NC2CCOCC2)nc2ccccc12. The van der Waals surface area contributed by atoms with Crippen LogP contribution in [-0.4, -0.2) is 37.2 Å². The van der Waals surface area contributed by atoms with E-state index in [0.29, 0.717) is 18.9 Å². The summed E-state index contributed by atoms with van der Waals surface area (Å²) in [6.45, 7) is 1.41. The number of para-hydroxylation sites is 1. The first-order valence-electron chi connectivity index (χ1n) is 7.24. The van der Waals surface area contributed by atoms with Gasteiger partial charge in [0, 0.05) is 37.4 Å². The predicted octanol–water partition coefficient (Wildman–Crippen LogP) is 2.19. The van der Waals surface area contributed by atoms with Crippen molar-refractivity contribution in [2.45, 2.75) is 18.9 Å². The summed E-state index contributed by atoms with van der Waals surface area (Å²) < 4.78 is 5.30. The molecule has 0 unspecified atom stereocenters. The fourth-order valence-corrected chi connectivity index (χ4v) is 2.60. The highest BCUT2D eigenvalue weighted by atomic mass is 16.5. The van der Waals surface area contributed by atoms with Gasteiger partial charge in [-0.25, -0.2) is 4.98 Å². The molecule has 0 atom stereocenters. The van der Waals surface area contributed by atoms with Crippen LogP contribution in [0.4, 0.5) is 5.69 Å². The molecule has 2 aromatic rings.